The molecular formula is C21H25F6N5O4S. The minimum Gasteiger partial charge on any atom is -0.360 e. The van der Waals surface area contributed by atoms with Crippen LogP contribution in [-0.4, -0.2) is 64.9 Å². The Labute approximate surface area is 211 Å². The van der Waals surface area contributed by atoms with Crippen molar-refractivity contribution in [2.24, 2.45) is 5.92 Å². The van der Waals surface area contributed by atoms with Gasteiger partial charge in [0.15, 0.2) is 0 Å². The third-order valence-electron chi connectivity index (χ3n) is 6.09. The lowest BCUT2D eigenvalue weighted by atomic mass is 9.84. The summed E-state index contributed by atoms with van der Waals surface area (Å²) in [6, 6.07) is -1.80. The number of halogens is 6. The van der Waals surface area contributed by atoms with E-state index in [0.29, 0.717) is 11.5 Å². The number of nitrogens with one attached hydrogen (secondary N) is 1. The molecule has 2 amide bonds. The molecule has 1 aliphatic heterocycles. The van der Waals surface area contributed by atoms with Crippen molar-refractivity contribution in [2.45, 2.75) is 69.4 Å². The van der Waals surface area contributed by atoms with Crippen molar-refractivity contribution in [1.29, 1.82) is 0 Å². The molecule has 1 aromatic heterocycles. The molecule has 0 aromatic carbocycles. The lowest BCUT2D eigenvalue weighted by Gasteiger charge is -2.38. The molecule has 0 radical (unpaired) electrons. The number of nitrogens with zero attached hydrogens (tertiary/aromatic N) is 4. The van der Waals surface area contributed by atoms with E-state index >= 15 is 0 Å². The summed E-state index contributed by atoms with van der Waals surface area (Å²) in [4.78, 5) is 41.5. The smallest absolute Gasteiger partial charge is 0.360 e. The maximum absolute atomic E-state index is 12.8. The number of anilines is 1. The van der Waals surface area contributed by atoms with Gasteiger partial charge in [-0.05, 0) is 18.8 Å². The van der Waals surface area contributed by atoms with Crippen LogP contribution in [-0.2, 0) is 25.4 Å². The van der Waals surface area contributed by atoms with Crippen LogP contribution in [0.1, 0.15) is 50.0 Å². The van der Waals surface area contributed by atoms with Gasteiger partial charge in [0.1, 0.15) is 6.04 Å². The molecule has 2 fully saturated rings. The average molecular weight is 558 g/mol. The maximum Gasteiger partial charge on any atom is 0.492 e. The van der Waals surface area contributed by atoms with Crippen LogP contribution in [0.2, 0.25) is 0 Å². The highest BCUT2D eigenvalue weighted by Crippen LogP contribution is 2.34. The summed E-state index contributed by atoms with van der Waals surface area (Å²) >= 11 is 0.198. The molecule has 1 aliphatic carbocycles. The van der Waals surface area contributed by atoms with Gasteiger partial charge in [0.25, 0.3) is 5.91 Å². The van der Waals surface area contributed by atoms with Crippen molar-refractivity contribution in [3.8, 4) is 0 Å². The molecule has 1 aromatic rings. The fraction of sp³-hybridized carbons (Fsp3) is 0.667. The van der Waals surface area contributed by atoms with Crippen LogP contribution in [0.15, 0.2) is 12.2 Å². The number of likely N-dealkylation sites (N-methyl/N-ethyl adjacent to an activating group) is 1. The molecule has 1 saturated carbocycles. The van der Waals surface area contributed by atoms with Gasteiger partial charge in [-0.1, -0.05) is 49.5 Å². The number of hydrogen-bond donors (Lipinski definition) is 1. The number of aromatic nitrogens is 2. The number of alkyl halides is 6. The van der Waals surface area contributed by atoms with Gasteiger partial charge < -0.3 is 10.2 Å². The van der Waals surface area contributed by atoms with E-state index in [-0.39, 0.29) is 35.4 Å². The second kappa shape index (κ2) is 11.8. The van der Waals surface area contributed by atoms with Crippen molar-refractivity contribution in [3.63, 3.8) is 0 Å². The molecule has 3 rings (SSSR count). The summed E-state index contributed by atoms with van der Waals surface area (Å²) in [5, 5.41) is 8.28. The van der Waals surface area contributed by atoms with E-state index in [1.54, 1.807) is 0 Å². The van der Waals surface area contributed by atoms with Gasteiger partial charge in [-0.2, -0.15) is 26.3 Å². The molecule has 37 heavy (non-hydrogen) atoms. The monoisotopic (exact) mass is 557 g/mol. The predicted molar refractivity (Wildman–Crippen MR) is 118 cm³/mol. The first-order valence-corrected chi connectivity index (χ1v) is 12.3. The van der Waals surface area contributed by atoms with E-state index in [9.17, 15) is 40.7 Å². The molecule has 206 valence electrons. The zero-order valence-corrected chi connectivity index (χ0v) is 20.5. The first-order chi connectivity index (χ1) is 17.3. The van der Waals surface area contributed by atoms with E-state index in [0.717, 1.165) is 43.1 Å². The lowest BCUT2D eigenvalue weighted by molar-refractivity contribution is -0.261. The van der Waals surface area contributed by atoms with Crippen LogP contribution in [0, 0.1) is 5.92 Å². The van der Waals surface area contributed by atoms with Gasteiger partial charge in [-0.3, -0.25) is 14.5 Å². The molecular weight excluding hydrogens is 532 g/mol. The van der Waals surface area contributed by atoms with E-state index in [1.165, 1.54) is 13.1 Å². The molecule has 2 aliphatic rings. The summed E-state index contributed by atoms with van der Waals surface area (Å²) in [5.41, 5.74) is 0. The quantitative estimate of drug-likeness (QED) is 0.385. The van der Waals surface area contributed by atoms with Crippen LogP contribution < -0.4 is 10.2 Å². The number of hydroxylamine groups is 2. The topological polar surface area (TPSA) is 105 Å². The summed E-state index contributed by atoms with van der Waals surface area (Å²) in [6.45, 7) is -0.0475. The Kier molecular flexibility index (Phi) is 9.15. The minimum atomic E-state index is -5.21. The Hall–Kier alpha value is -2.75. The first kappa shape index (κ1) is 28.8. The van der Waals surface area contributed by atoms with E-state index in [1.807, 2.05) is 0 Å². The molecule has 0 spiro atoms. The SMILES string of the molecule is CN(C(=O)/C=C/[C@H](CC1CCCCC1)NC(=O)[C@@H]1CCN1OC(=O)C(F)(F)F)c1nnc(C(F)(F)F)s1. The molecule has 9 nitrogen and oxygen atoms in total. The fourth-order valence-corrected chi connectivity index (χ4v) is 4.69. The predicted octanol–water partition coefficient (Wildman–Crippen LogP) is 3.63. The van der Waals surface area contributed by atoms with Gasteiger partial charge >= 0.3 is 18.3 Å². The molecule has 16 heteroatoms. The van der Waals surface area contributed by atoms with E-state index in [2.05, 4.69) is 20.4 Å². The number of carbonyl (C=O) groups excluding carboxylic acids is 3. The Morgan fingerprint density at radius 3 is 2.35 bits per heavy atom. The second-order valence-electron chi connectivity index (χ2n) is 8.82. The van der Waals surface area contributed by atoms with Crippen LogP contribution in [0.4, 0.5) is 31.5 Å². The number of carbonyl (C=O) groups is 3. The third-order valence-corrected chi connectivity index (χ3v) is 7.13. The minimum absolute atomic E-state index is 0.0475. The van der Waals surface area contributed by atoms with Gasteiger partial charge in [-0.15, -0.1) is 15.3 Å². The first-order valence-electron chi connectivity index (χ1n) is 11.5. The number of rotatable bonds is 8. The van der Waals surface area contributed by atoms with Gasteiger partial charge in [-0.25, -0.2) is 4.79 Å². The summed E-state index contributed by atoms with van der Waals surface area (Å²) < 4.78 is 75.8. The number of hydrogen-bond acceptors (Lipinski definition) is 8. The van der Waals surface area contributed by atoms with Gasteiger partial charge in [0.2, 0.25) is 16.0 Å². The standard InChI is InChI=1S/C21H25F6N5O4S/c1-31(19-30-29-17(37-19)20(22,23)24)15(33)8-7-13(11-12-5-3-2-4-6-12)28-16(34)14-9-10-32(14)36-18(35)21(25,26)27/h7-8,12-14H,2-6,9-11H2,1H3,(H,28,34)/b8-7+/t13-,14+/m1/s1. The Morgan fingerprint density at radius 1 is 1.14 bits per heavy atom. The van der Waals surface area contributed by atoms with Gasteiger partial charge in [0, 0.05) is 25.7 Å². The van der Waals surface area contributed by atoms with Crippen molar-refractivity contribution in [1.82, 2.24) is 20.6 Å². The summed E-state index contributed by atoms with van der Waals surface area (Å²) in [5.74, 6) is -3.58. The fourth-order valence-electron chi connectivity index (χ4n) is 4.01. The Morgan fingerprint density at radius 2 is 1.81 bits per heavy atom. The highest BCUT2D eigenvalue weighted by Gasteiger charge is 2.46. The molecule has 1 N–H and O–H groups in total. The van der Waals surface area contributed by atoms with Gasteiger partial charge in [0.05, 0.1) is 0 Å². The highest BCUT2D eigenvalue weighted by atomic mass is 32.1. The third kappa shape index (κ3) is 7.87. The Balaban J connectivity index is 1.66. The zero-order chi connectivity index (χ0) is 27.4. The largest absolute Gasteiger partial charge is 0.492 e. The van der Waals surface area contributed by atoms with Crippen LogP contribution in [0.3, 0.4) is 0 Å². The van der Waals surface area contributed by atoms with E-state index < -0.39 is 47.2 Å². The van der Waals surface area contributed by atoms with Crippen molar-refractivity contribution < 1.29 is 45.6 Å². The van der Waals surface area contributed by atoms with Crippen molar-refractivity contribution >= 4 is 34.3 Å². The molecule has 1 saturated heterocycles. The molecule has 2 heterocycles. The molecule has 0 bridgehead atoms. The lowest BCUT2D eigenvalue weighted by Crippen LogP contribution is -2.58. The summed E-state index contributed by atoms with van der Waals surface area (Å²) in [6.07, 6.45) is -1.93. The molecule has 0 unspecified atom stereocenters. The maximum atomic E-state index is 12.8. The summed E-state index contributed by atoms with van der Waals surface area (Å²) in [7, 11) is 1.23. The molecule has 2 atom stereocenters. The second-order valence-corrected chi connectivity index (χ2v) is 9.78. The van der Waals surface area contributed by atoms with Crippen LogP contribution in [0.5, 0.6) is 0 Å². The van der Waals surface area contributed by atoms with Crippen LogP contribution in [0.25, 0.3) is 0 Å². The van der Waals surface area contributed by atoms with Crippen molar-refractivity contribution in [2.75, 3.05) is 18.5 Å². The van der Waals surface area contributed by atoms with E-state index in [4.69, 9.17) is 0 Å². The highest BCUT2D eigenvalue weighted by molar-refractivity contribution is 7.15. The van der Waals surface area contributed by atoms with Crippen LogP contribution >= 0.6 is 11.3 Å². The average Bonchev–Trinajstić information content (AvgIpc) is 3.30. The number of amides is 2. The normalized spacial score (nSPS) is 20.4. The Bertz CT molecular complexity index is 1010. The zero-order valence-electron chi connectivity index (χ0n) is 19.6. The van der Waals surface area contributed by atoms with Crippen molar-refractivity contribution in [3.05, 3.63) is 17.2 Å².